The number of ether oxygens (including phenoxy) is 2. The number of hydrogen-bond donors (Lipinski definition) is 2. The van der Waals surface area contributed by atoms with Crippen LogP contribution in [0.25, 0.3) is 0 Å². The van der Waals surface area contributed by atoms with Crippen LogP contribution in [0, 0.1) is 5.82 Å². The van der Waals surface area contributed by atoms with Crippen molar-refractivity contribution in [3.8, 4) is 11.5 Å². The minimum Gasteiger partial charge on any atom is -0.497 e. The average molecular weight is 429 g/mol. The largest absolute Gasteiger partial charge is 0.497 e. The average Bonchev–Trinajstić information content (AvgIpc) is 2.79. The van der Waals surface area contributed by atoms with Crippen LogP contribution in [0.5, 0.6) is 11.5 Å². The number of nitrogens with zero attached hydrogens (tertiary/aromatic N) is 2. The van der Waals surface area contributed by atoms with Gasteiger partial charge in [-0.15, -0.1) is 0 Å². The van der Waals surface area contributed by atoms with Crippen LogP contribution in [0.3, 0.4) is 0 Å². The summed E-state index contributed by atoms with van der Waals surface area (Å²) < 4.78 is 24.1. The summed E-state index contributed by atoms with van der Waals surface area (Å²) in [6, 6.07) is 13.1. The van der Waals surface area contributed by atoms with Gasteiger partial charge in [0.25, 0.3) is 0 Å². The van der Waals surface area contributed by atoms with Crippen molar-refractivity contribution >= 4 is 11.6 Å². The molecule has 168 valence electrons. The van der Waals surface area contributed by atoms with E-state index in [2.05, 4.69) is 27.4 Å². The fraction of sp³-hybridized carbons (Fsp3) is 0.458. The van der Waals surface area contributed by atoms with Crippen molar-refractivity contribution in [3.05, 3.63) is 53.8 Å². The standard InChI is InChI=1S/C24H33FN4O2/c1-4-26-24(27-11-8-18-6-5-7-19(25)14-18)28-20-9-12-29(13-10-20)21-15-22(30-2)17-23(16-21)31-3/h5-7,14-17,20H,4,8-13H2,1-3H3,(H2,26,27,28). The number of anilines is 1. The van der Waals surface area contributed by atoms with Gasteiger partial charge in [-0.05, 0) is 43.9 Å². The summed E-state index contributed by atoms with van der Waals surface area (Å²) in [4.78, 5) is 7.04. The monoisotopic (exact) mass is 428 g/mol. The van der Waals surface area contributed by atoms with Gasteiger partial charge >= 0.3 is 0 Å². The van der Waals surface area contributed by atoms with E-state index in [0.717, 1.165) is 61.2 Å². The van der Waals surface area contributed by atoms with E-state index in [-0.39, 0.29) is 5.82 Å². The van der Waals surface area contributed by atoms with Crippen molar-refractivity contribution in [1.29, 1.82) is 0 Å². The maximum Gasteiger partial charge on any atom is 0.191 e. The van der Waals surface area contributed by atoms with Gasteiger partial charge in [-0.25, -0.2) is 4.39 Å². The van der Waals surface area contributed by atoms with Crippen LogP contribution in [0.2, 0.25) is 0 Å². The molecule has 1 fully saturated rings. The van der Waals surface area contributed by atoms with Gasteiger partial charge in [-0.1, -0.05) is 12.1 Å². The van der Waals surface area contributed by atoms with E-state index in [9.17, 15) is 4.39 Å². The van der Waals surface area contributed by atoms with Crippen molar-refractivity contribution in [3.63, 3.8) is 0 Å². The molecule has 0 saturated carbocycles. The lowest BCUT2D eigenvalue weighted by molar-refractivity contribution is 0.393. The number of guanidine groups is 1. The summed E-state index contributed by atoms with van der Waals surface area (Å²) in [5.74, 6) is 2.22. The minimum atomic E-state index is -0.202. The van der Waals surface area contributed by atoms with Crippen LogP contribution in [0.1, 0.15) is 25.3 Å². The number of aliphatic imine (C=N–C) groups is 1. The summed E-state index contributed by atoms with van der Waals surface area (Å²) in [5, 5.41) is 6.88. The Hall–Kier alpha value is -2.96. The molecule has 1 aliphatic heterocycles. The zero-order chi connectivity index (χ0) is 22.1. The first-order valence-corrected chi connectivity index (χ1v) is 10.9. The number of piperidine rings is 1. The van der Waals surface area contributed by atoms with Crippen molar-refractivity contribution in [2.75, 3.05) is 45.3 Å². The molecule has 0 atom stereocenters. The second-order valence-electron chi connectivity index (χ2n) is 7.62. The predicted octanol–water partition coefficient (Wildman–Crippen LogP) is 3.61. The Morgan fingerprint density at radius 3 is 2.42 bits per heavy atom. The number of nitrogens with one attached hydrogen (secondary N) is 2. The highest BCUT2D eigenvalue weighted by molar-refractivity contribution is 5.80. The van der Waals surface area contributed by atoms with E-state index in [4.69, 9.17) is 9.47 Å². The Balaban J connectivity index is 1.54. The molecule has 2 aromatic carbocycles. The molecule has 0 radical (unpaired) electrons. The molecular formula is C24H33FN4O2. The SMILES string of the molecule is CCNC(=NCCc1cccc(F)c1)NC1CCN(c2cc(OC)cc(OC)c2)CC1. The van der Waals surface area contributed by atoms with Crippen LogP contribution >= 0.6 is 0 Å². The molecule has 0 aromatic heterocycles. The maximum absolute atomic E-state index is 13.3. The first-order chi connectivity index (χ1) is 15.1. The van der Waals surface area contributed by atoms with Crippen LogP contribution in [0.15, 0.2) is 47.5 Å². The van der Waals surface area contributed by atoms with Gasteiger partial charge in [0.15, 0.2) is 5.96 Å². The molecule has 0 spiro atoms. The fourth-order valence-corrected chi connectivity index (χ4v) is 3.76. The van der Waals surface area contributed by atoms with Crippen molar-refractivity contribution in [2.45, 2.75) is 32.2 Å². The zero-order valence-corrected chi connectivity index (χ0v) is 18.7. The summed E-state index contributed by atoms with van der Waals surface area (Å²) in [6.45, 7) is 5.35. The van der Waals surface area contributed by atoms with E-state index < -0.39 is 0 Å². The lowest BCUT2D eigenvalue weighted by atomic mass is 10.0. The Labute approximate surface area is 184 Å². The molecule has 0 amide bonds. The van der Waals surface area contributed by atoms with Gasteiger partial charge in [0.05, 0.1) is 14.2 Å². The number of halogens is 1. The smallest absolute Gasteiger partial charge is 0.191 e. The molecule has 2 N–H and O–H groups in total. The second-order valence-corrected chi connectivity index (χ2v) is 7.62. The van der Waals surface area contributed by atoms with Crippen LogP contribution in [-0.2, 0) is 6.42 Å². The molecule has 31 heavy (non-hydrogen) atoms. The van der Waals surface area contributed by atoms with Gasteiger partial charge in [0.1, 0.15) is 17.3 Å². The van der Waals surface area contributed by atoms with Gasteiger partial charge in [-0.3, -0.25) is 4.99 Å². The highest BCUT2D eigenvalue weighted by atomic mass is 19.1. The van der Waals surface area contributed by atoms with Crippen LogP contribution < -0.4 is 25.0 Å². The number of methoxy groups -OCH3 is 2. The van der Waals surface area contributed by atoms with Crippen LogP contribution in [0.4, 0.5) is 10.1 Å². The summed E-state index contributed by atoms with van der Waals surface area (Å²) in [6.07, 6.45) is 2.73. The third-order valence-electron chi connectivity index (χ3n) is 5.44. The Morgan fingerprint density at radius 2 is 1.81 bits per heavy atom. The molecule has 1 heterocycles. The topological polar surface area (TPSA) is 58.1 Å². The lowest BCUT2D eigenvalue weighted by Gasteiger charge is -2.34. The van der Waals surface area contributed by atoms with E-state index in [0.29, 0.717) is 19.0 Å². The maximum atomic E-state index is 13.3. The zero-order valence-electron chi connectivity index (χ0n) is 18.7. The first-order valence-electron chi connectivity index (χ1n) is 10.9. The Morgan fingerprint density at radius 1 is 1.10 bits per heavy atom. The highest BCUT2D eigenvalue weighted by Crippen LogP contribution is 2.30. The summed E-state index contributed by atoms with van der Waals surface area (Å²) in [5.41, 5.74) is 2.08. The predicted molar refractivity (Wildman–Crippen MR) is 124 cm³/mol. The number of rotatable bonds is 8. The van der Waals surface area contributed by atoms with Crippen molar-refractivity contribution < 1.29 is 13.9 Å². The third-order valence-corrected chi connectivity index (χ3v) is 5.44. The van der Waals surface area contributed by atoms with E-state index >= 15 is 0 Å². The number of benzene rings is 2. The van der Waals surface area contributed by atoms with Crippen molar-refractivity contribution in [2.24, 2.45) is 4.99 Å². The molecule has 6 nitrogen and oxygen atoms in total. The van der Waals surface area contributed by atoms with Gasteiger partial charge < -0.3 is 25.0 Å². The molecule has 3 rings (SSSR count). The Bertz CT molecular complexity index is 844. The lowest BCUT2D eigenvalue weighted by Crippen LogP contribution is -2.48. The van der Waals surface area contributed by atoms with Gasteiger partial charge in [0, 0.05) is 56.1 Å². The first kappa shape index (κ1) is 22.7. The molecular weight excluding hydrogens is 395 g/mol. The number of hydrogen-bond acceptors (Lipinski definition) is 4. The molecule has 1 saturated heterocycles. The minimum absolute atomic E-state index is 0.202. The summed E-state index contributed by atoms with van der Waals surface area (Å²) >= 11 is 0. The normalized spacial score (nSPS) is 15.0. The summed E-state index contributed by atoms with van der Waals surface area (Å²) in [7, 11) is 3.34. The van der Waals surface area contributed by atoms with Crippen LogP contribution in [-0.4, -0.2) is 52.4 Å². The van der Waals surface area contributed by atoms with E-state index in [1.54, 1.807) is 26.4 Å². The quantitative estimate of drug-likeness (QED) is 0.497. The van der Waals surface area contributed by atoms with Crippen molar-refractivity contribution in [1.82, 2.24) is 10.6 Å². The van der Waals surface area contributed by atoms with E-state index in [1.807, 2.05) is 24.3 Å². The molecule has 0 aliphatic carbocycles. The molecule has 1 aliphatic rings. The highest BCUT2D eigenvalue weighted by Gasteiger charge is 2.21. The second kappa shape index (κ2) is 11.4. The molecule has 7 heteroatoms. The van der Waals surface area contributed by atoms with Gasteiger partial charge in [0.2, 0.25) is 0 Å². The molecule has 0 bridgehead atoms. The fourth-order valence-electron chi connectivity index (χ4n) is 3.76. The Kier molecular flexibility index (Phi) is 8.38. The molecule has 0 unspecified atom stereocenters. The van der Waals surface area contributed by atoms with Gasteiger partial charge in [-0.2, -0.15) is 0 Å². The molecule has 2 aromatic rings. The van der Waals surface area contributed by atoms with E-state index in [1.165, 1.54) is 6.07 Å². The third kappa shape index (κ3) is 6.77.